The normalized spacial score (nSPS) is 33.8. The Morgan fingerprint density at radius 1 is 0.833 bits per heavy atom. The number of hydrogen-bond donors (Lipinski definition) is 0. The van der Waals surface area contributed by atoms with Crippen LogP contribution in [-0.2, 0) is 0 Å². The van der Waals surface area contributed by atoms with Gasteiger partial charge in [-0.2, -0.15) is 0 Å². The standard InChI is InChI=1S/C9H17B.C2H6/c1-10-8-4-2-5-9(10)7-3-6-8;1-2/h8-9H,2-7H2,1H3;1-2H3. The van der Waals surface area contributed by atoms with Gasteiger partial charge in [0.05, 0.1) is 0 Å². The summed E-state index contributed by atoms with van der Waals surface area (Å²) in [6.07, 6.45) is 9.21. The molecule has 0 N–H and O–H groups in total. The summed E-state index contributed by atoms with van der Waals surface area (Å²) in [7, 11) is 0. The van der Waals surface area contributed by atoms with E-state index in [9.17, 15) is 0 Å². The van der Waals surface area contributed by atoms with E-state index < -0.39 is 0 Å². The second-order valence-corrected chi connectivity index (χ2v) is 4.24. The minimum absolute atomic E-state index is 1.07. The molecule has 70 valence electrons. The zero-order chi connectivity index (χ0) is 8.97. The van der Waals surface area contributed by atoms with Crippen LogP contribution in [0.15, 0.2) is 0 Å². The van der Waals surface area contributed by atoms with Crippen molar-refractivity contribution in [3.8, 4) is 0 Å². The van der Waals surface area contributed by atoms with Gasteiger partial charge >= 0.3 is 0 Å². The third-order valence-corrected chi connectivity index (χ3v) is 3.79. The quantitative estimate of drug-likeness (QED) is 0.472. The molecule has 0 aromatic carbocycles. The first-order valence-corrected chi connectivity index (χ1v) is 5.88. The van der Waals surface area contributed by atoms with Gasteiger partial charge in [0.25, 0.3) is 0 Å². The van der Waals surface area contributed by atoms with Crippen LogP contribution in [0.2, 0.25) is 18.5 Å². The van der Waals surface area contributed by atoms with E-state index in [1.54, 1.807) is 0 Å². The molecule has 2 bridgehead atoms. The molecule has 2 saturated heterocycles. The summed E-state index contributed by atoms with van der Waals surface area (Å²) in [6, 6.07) is 0. The van der Waals surface area contributed by atoms with Gasteiger partial charge < -0.3 is 0 Å². The van der Waals surface area contributed by atoms with Gasteiger partial charge in [-0.15, -0.1) is 0 Å². The van der Waals surface area contributed by atoms with Crippen LogP contribution in [0, 0.1) is 0 Å². The molecule has 0 spiro atoms. The summed E-state index contributed by atoms with van der Waals surface area (Å²) in [5, 5.41) is 0. The first-order chi connectivity index (χ1) is 5.88. The Balaban J connectivity index is 0.000000336. The van der Waals surface area contributed by atoms with E-state index in [0.717, 1.165) is 18.3 Å². The van der Waals surface area contributed by atoms with Crippen LogP contribution in [-0.4, -0.2) is 6.71 Å². The zero-order valence-electron chi connectivity index (χ0n) is 8.97. The lowest BCUT2D eigenvalue weighted by Gasteiger charge is -2.38. The lowest BCUT2D eigenvalue weighted by atomic mass is 9.29. The van der Waals surface area contributed by atoms with Gasteiger partial charge in [-0.25, -0.2) is 0 Å². The maximum Gasteiger partial charge on any atom is 0.143 e. The third kappa shape index (κ3) is 2.05. The molecular weight excluding hydrogens is 143 g/mol. The second-order valence-electron chi connectivity index (χ2n) is 4.24. The fourth-order valence-corrected chi connectivity index (χ4v) is 3.01. The van der Waals surface area contributed by atoms with Crippen LogP contribution in [0.4, 0.5) is 0 Å². The predicted molar refractivity (Wildman–Crippen MR) is 58.2 cm³/mol. The van der Waals surface area contributed by atoms with Gasteiger partial charge in [0.1, 0.15) is 6.71 Å². The Bertz CT molecular complexity index is 100. The van der Waals surface area contributed by atoms with Crippen LogP contribution >= 0.6 is 0 Å². The van der Waals surface area contributed by atoms with E-state index in [0.29, 0.717) is 0 Å². The fourth-order valence-electron chi connectivity index (χ4n) is 3.01. The van der Waals surface area contributed by atoms with Crippen LogP contribution in [0.5, 0.6) is 0 Å². The largest absolute Gasteiger partial charge is 0.143 e. The van der Waals surface area contributed by atoms with Crippen LogP contribution in [0.25, 0.3) is 0 Å². The lowest BCUT2D eigenvalue weighted by molar-refractivity contribution is 0.445. The molecule has 0 nitrogen and oxygen atoms in total. The number of hydrogen-bond acceptors (Lipinski definition) is 0. The van der Waals surface area contributed by atoms with Crippen molar-refractivity contribution >= 4 is 6.71 Å². The first kappa shape index (κ1) is 10.1. The van der Waals surface area contributed by atoms with E-state index in [1.807, 2.05) is 13.8 Å². The molecule has 12 heavy (non-hydrogen) atoms. The van der Waals surface area contributed by atoms with Gasteiger partial charge in [0, 0.05) is 0 Å². The minimum Gasteiger partial charge on any atom is -0.0856 e. The molecule has 0 aliphatic carbocycles. The Kier molecular flexibility index (Phi) is 4.18. The average molecular weight is 166 g/mol. The summed E-state index contributed by atoms with van der Waals surface area (Å²) in [4.78, 5) is 0. The molecule has 2 rings (SSSR count). The zero-order valence-corrected chi connectivity index (χ0v) is 8.97. The van der Waals surface area contributed by atoms with Gasteiger partial charge in [0.15, 0.2) is 0 Å². The van der Waals surface area contributed by atoms with Crippen molar-refractivity contribution in [2.75, 3.05) is 0 Å². The predicted octanol–water partition coefficient (Wildman–Crippen LogP) is 4.25. The summed E-state index contributed by atoms with van der Waals surface area (Å²) in [5.74, 6) is 2.24. The maximum absolute atomic E-state index is 2.48. The molecule has 2 heterocycles. The van der Waals surface area contributed by atoms with E-state index in [4.69, 9.17) is 0 Å². The Labute approximate surface area is 78.2 Å². The average Bonchev–Trinajstić information content (AvgIpc) is 2.07. The molecule has 2 fully saturated rings. The minimum atomic E-state index is 1.07. The van der Waals surface area contributed by atoms with Gasteiger partial charge in [-0.3, -0.25) is 0 Å². The Hall–Kier alpha value is 0.0649. The van der Waals surface area contributed by atoms with Crippen LogP contribution in [0.1, 0.15) is 52.4 Å². The van der Waals surface area contributed by atoms with Crippen LogP contribution in [0.3, 0.4) is 0 Å². The molecule has 0 unspecified atom stereocenters. The Morgan fingerprint density at radius 2 is 1.17 bits per heavy atom. The molecule has 1 heteroatoms. The summed E-state index contributed by atoms with van der Waals surface area (Å²) in [6.45, 7) is 7.55. The highest BCUT2D eigenvalue weighted by atomic mass is 14.2. The number of fused-ring (bicyclic) bond motifs is 2. The van der Waals surface area contributed by atoms with E-state index in [-0.39, 0.29) is 0 Å². The molecule has 2 aliphatic heterocycles. The van der Waals surface area contributed by atoms with E-state index in [1.165, 1.54) is 38.5 Å². The smallest absolute Gasteiger partial charge is 0.0856 e. The second kappa shape index (κ2) is 4.94. The van der Waals surface area contributed by atoms with Gasteiger partial charge in [0.2, 0.25) is 0 Å². The van der Waals surface area contributed by atoms with Crippen LogP contribution < -0.4 is 0 Å². The van der Waals surface area contributed by atoms with E-state index >= 15 is 0 Å². The highest BCUT2D eigenvalue weighted by Gasteiger charge is 2.35. The van der Waals surface area contributed by atoms with E-state index in [2.05, 4.69) is 6.82 Å². The molecular formula is C11H23B. The molecule has 0 saturated carbocycles. The molecule has 2 aliphatic rings. The highest BCUT2D eigenvalue weighted by molar-refractivity contribution is 6.61. The first-order valence-electron chi connectivity index (χ1n) is 5.88. The molecule has 0 aromatic heterocycles. The molecule has 0 amide bonds. The summed E-state index contributed by atoms with van der Waals surface area (Å²) < 4.78 is 0. The van der Waals surface area contributed by atoms with Gasteiger partial charge in [-0.1, -0.05) is 70.8 Å². The van der Waals surface area contributed by atoms with Crippen molar-refractivity contribution in [3.05, 3.63) is 0 Å². The van der Waals surface area contributed by atoms with Crippen molar-refractivity contribution in [2.24, 2.45) is 0 Å². The molecule has 0 aromatic rings. The lowest BCUT2D eigenvalue weighted by Crippen LogP contribution is -2.31. The monoisotopic (exact) mass is 166 g/mol. The fraction of sp³-hybridized carbons (Fsp3) is 1.00. The molecule has 0 atom stereocenters. The van der Waals surface area contributed by atoms with Crippen molar-refractivity contribution in [3.63, 3.8) is 0 Å². The summed E-state index contributed by atoms with van der Waals surface area (Å²) in [5.41, 5.74) is 0. The van der Waals surface area contributed by atoms with Crippen molar-refractivity contribution in [2.45, 2.75) is 70.8 Å². The topological polar surface area (TPSA) is 0 Å². The van der Waals surface area contributed by atoms with Gasteiger partial charge in [-0.05, 0) is 0 Å². The third-order valence-electron chi connectivity index (χ3n) is 3.79. The van der Waals surface area contributed by atoms with Crippen molar-refractivity contribution in [1.82, 2.24) is 0 Å². The molecule has 0 radical (unpaired) electrons. The van der Waals surface area contributed by atoms with Crippen molar-refractivity contribution in [1.29, 1.82) is 0 Å². The van der Waals surface area contributed by atoms with Crippen molar-refractivity contribution < 1.29 is 0 Å². The SMILES string of the molecule is CB1C2CCCC1CCC2.CC. The highest BCUT2D eigenvalue weighted by Crippen LogP contribution is 2.45. The summed E-state index contributed by atoms with van der Waals surface area (Å²) >= 11 is 0. The Morgan fingerprint density at radius 3 is 1.42 bits per heavy atom. The number of rotatable bonds is 0. The maximum atomic E-state index is 2.48.